The van der Waals surface area contributed by atoms with Gasteiger partial charge >= 0.3 is 0 Å². The number of amides is 1. The van der Waals surface area contributed by atoms with Crippen molar-refractivity contribution < 1.29 is 39.9 Å². The monoisotopic (exact) mass is 515 g/mol. The minimum atomic E-state index is -2.91. The lowest BCUT2D eigenvalue weighted by Crippen LogP contribution is -2.70. The van der Waals surface area contributed by atoms with Gasteiger partial charge in [0, 0.05) is 23.6 Å². The Bertz CT molecular complexity index is 1250. The van der Waals surface area contributed by atoms with E-state index in [-0.39, 0.29) is 17.7 Å². The Balaban J connectivity index is 1.90. The molecule has 0 radical (unpaired) electrons. The van der Waals surface area contributed by atoms with Gasteiger partial charge < -0.3 is 36.6 Å². The van der Waals surface area contributed by atoms with Crippen LogP contribution in [0.3, 0.4) is 0 Å². The zero-order valence-corrected chi connectivity index (χ0v) is 21.1. The predicted octanol–water partition coefficient (Wildman–Crippen LogP) is -0.320. The molecular weight excluding hydrogens is 482 g/mol. The van der Waals surface area contributed by atoms with Gasteiger partial charge in [0.15, 0.2) is 11.4 Å². The molecule has 0 aromatic heterocycles. The lowest BCUT2D eigenvalue weighted by Gasteiger charge is -2.52. The molecule has 0 unspecified atom stereocenters. The van der Waals surface area contributed by atoms with E-state index in [9.17, 15) is 39.9 Å². The average molecular weight is 516 g/mol. The Morgan fingerprint density at radius 1 is 1.22 bits per heavy atom. The van der Waals surface area contributed by atoms with Gasteiger partial charge in [-0.25, -0.2) is 0 Å². The number of aromatic hydroxyl groups is 1. The molecule has 0 heterocycles. The molecule has 4 rings (SSSR count). The second-order valence-corrected chi connectivity index (χ2v) is 10.7. The Morgan fingerprint density at radius 2 is 1.86 bits per heavy atom. The van der Waals surface area contributed by atoms with Gasteiger partial charge in [0.25, 0.3) is 5.91 Å². The fourth-order valence-corrected chi connectivity index (χ4v) is 5.91. The van der Waals surface area contributed by atoms with Crippen molar-refractivity contribution in [2.24, 2.45) is 23.5 Å². The normalized spacial score (nSPS) is 29.5. The number of rotatable bonds is 6. The summed E-state index contributed by atoms with van der Waals surface area (Å²) in [4.78, 5) is 40.3. The smallest absolute Gasteiger partial charge is 0.255 e. The first-order valence-corrected chi connectivity index (χ1v) is 12.1. The molecule has 11 nitrogen and oxygen atoms in total. The molecule has 5 atom stereocenters. The van der Waals surface area contributed by atoms with E-state index in [1.165, 1.54) is 19.0 Å². The molecular formula is C26H33N3O8. The minimum absolute atomic E-state index is 0.00710. The van der Waals surface area contributed by atoms with Crippen molar-refractivity contribution in [2.75, 3.05) is 20.6 Å². The fourth-order valence-electron chi connectivity index (χ4n) is 5.91. The van der Waals surface area contributed by atoms with Crippen LogP contribution in [0.1, 0.15) is 30.5 Å². The van der Waals surface area contributed by atoms with E-state index < -0.39 is 69.7 Å². The fraction of sp³-hybridized carbons (Fsp3) is 0.500. The largest absolute Gasteiger partial charge is 0.508 e. The van der Waals surface area contributed by atoms with Crippen LogP contribution in [0.4, 0.5) is 0 Å². The van der Waals surface area contributed by atoms with Crippen LogP contribution in [0.5, 0.6) is 5.75 Å². The number of Topliss-reactive ketones (excluding diaryl/α,β-unsaturated/α-hetero) is 2. The first-order valence-electron chi connectivity index (χ1n) is 12.1. The number of carbonyl (C=O) groups excluding carboxylic acids is 3. The highest BCUT2D eigenvalue weighted by atomic mass is 16.4. The summed E-state index contributed by atoms with van der Waals surface area (Å²) in [7, 11) is 2.93. The summed E-state index contributed by atoms with van der Waals surface area (Å²) in [6.07, 6.45) is -1.57. The molecule has 0 aliphatic heterocycles. The van der Waals surface area contributed by atoms with Crippen LogP contribution in [-0.2, 0) is 27.3 Å². The van der Waals surface area contributed by atoms with Crippen LogP contribution < -0.4 is 11.1 Å². The van der Waals surface area contributed by atoms with Crippen molar-refractivity contribution in [1.82, 2.24) is 10.2 Å². The molecule has 1 fully saturated rings. The molecule has 200 valence electrons. The van der Waals surface area contributed by atoms with E-state index in [1.807, 2.05) is 13.8 Å². The summed E-state index contributed by atoms with van der Waals surface area (Å²) in [6, 6.07) is 2.01. The Kier molecular flexibility index (Phi) is 6.70. The zero-order chi connectivity index (χ0) is 27.6. The molecule has 1 aromatic carbocycles. The third-order valence-electron chi connectivity index (χ3n) is 7.63. The zero-order valence-electron chi connectivity index (χ0n) is 21.1. The van der Waals surface area contributed by atoms with Gasteiger partial charge in [0.1, 0.15) is 22.8 Å². The minimum Gasteiger partial charge on any atom is -0.508 e. The van der Waals surface area contributed by atoms with Crippen molar-refractivity contribution in [1.29, 1.82) is 0 Å². The van der Waals surface area contributed by atoms with E-state index in [0.717, 1.165) is 0 Å². The average Bonchev–Trinajstić information content (AvgIpc) is 2.80. The van der Waals surface area contributed by atoms with Gasteiger partial charge in [-0.05, 0) is 38.5 Å². The summed E-state index contributed by atoms with van der Waals surface area (Å²) in [6.45, 7) is 5.04. The molecule has 1 amide bonds. The van der Waals surface area contributed by atoms with E-state index >= 15 is 0 Å². The standard InChI is InChI=1S/C26H33N3O8/c1-10(2)8-28-9-12-6-5-11-7-13-15(21(32)14(11)19(12)30)23(34)26(37)17(20(13)31)18(29(3)4)22(33)16(24(26)35)25(27)36/h5-6,10,13,17-18,20,28,30-32,35,37H,7-9H2,1-4H3,(H2,27,36)/t13-,17-,18+,20+,26+/m1/s1. The highest BCUT2D eigenvalue weighted by molar-refractivity contribution is 6.24. The van der Waals surface area contributed by atoms with Gasteiger partial charge in [-0.1, -0.05) is 26.0 Å². The Labute approximate surface area is 213 Å². The number of likely N-dealkylation sites (N-methyl/N-ethyl adjacent to an activating group) is 1. The van der Waals surface area contributed by atoms with Gasteiger partial charge in [-0.2, -0.15) is 0 Å². The number of phenolic OH excluding ortho intramolecular Hbond substituents is 1. The number of hydrogen-bond acceptors (Lipinski definition) is 10. The number of primary amides is 1. The van der Waals surface area contributed by atoms with E-state index in [2.05, 4.69) is 5.32 Å². The number of nitrogens with zero attached hydrogens (tertiary/aromatic N) is 1. The number of hydrogen-bond donors (Lipinski definition) is 7. The molecule has 3 aliphatic rings. The maximum atomic E-state index is 13.8. The van der Waals surface area contributed by atoms with Crippen molar-refractivity contribution in [3.8, 4) is 5.75 Å². The van der Waals surface area contributed by atoms with E-state index in [0.29, 0.717) is 30.1 Å². The van der Waals surface area contributed by atoms with Gasteiger partial charge in [-0.3, -0.25) is 19.3 Å². The number of aliphatic hydroxyl groups is 4. The first kappa shape index (κ1) is 26.8. The number of phenols is 1. The van der Waals surface area contributed by atoms with Gasteiger partial charge in [-0.15, -0.1) is 0 Å². The molecule has 37 heavy (non-hydrogen) atoms. The maximum Gasteiger partial charge on any atom is 0.255 e. The second kappa shape index (κ2) is 9.25. The Morgan fingerprint density at radius 3 is 2.43 bits per heavy atom. The lowest BCUT2D eigenvalue weighted by molar-refractivity contribution is -0.168. The quantitative estimate of drug-likeness (QED) is 0.247. The number of nitrogens with two attached hydrogens (primary N) is 1. The van der Waals surface area contributed by atoms with Gasteiger partial charge in [0.2, 0.25) is 5.78 Å². The summed E-state index contributed by atoms with van der Waals surface area (Å²) in [5.74, 6) is -7.82. The van der Waals surface area contributed by atoms with Gasteiger partial charge in [0.05, 0.1) is 23.6 Å². The number of benzene rings is 1. The van der Waals surface area contributed by atoms with Crippen molar-refractivity contribution in [3.05, 3.63) is 45.7 Å². The number of nitrogens with one attached hydrogen (secondary N) is 1. The van der Waals surface area contributed by atoms with Crippen LogP contribution in [0, 0.1) is 17.8 Å². The van der Waals surface area contributed by atoms with E-state index in [4.69, 9.17) is 5.73 Å². The molecule has 1 saturated carbocycles. The van der Waals surface area contributed by atoms with Crippen LogP contribution in [-0.4, -0.2) is 86.3 Å². The van der Waals surface area contributed by atoms with E-state index in [1.54, 1.807) is 12.1 Å². The molecule has 3 aliphatic carbocycles. The molecule has 0 saturated heterocycles. The summed E-state index contributed by atoms with van der Waals surface area (Å²) >= 11 is 0. The van der Waals surface area contributed by atoms with Crippen molar-refractivity contribution in [3.63, 3.8) is 0 Å². The highest BCUT2D eigenvalue weighted by Crippen LogP contribution is 2.52. The number of fused-ring (bicyclic) bond motifs is 3. The van der Waals surface area contributed by atoms with Crippen LogP contribution in [0.25, 0.3) is 5.76 Å². The number of carbonyl (C=O) groups is 3. The molecule has 8 N–H and O–H groups in total. The van der Waals surface area contributed by atoms with Crippen molar-refractivity contribution >= 4 is 23.2 Å². The SMILES string of the molecule is CC(C)CNCc1ccc2c(c1O)C(O)=C1C(=O)[C@]3(O)C(O)=C(C(N)=O)C(=O)[C@@H](N(C)C)[C@@H]3[C@@H](O)[C@@H]1C2. The Hall–Kier alpha value is -3.25. The van der Waals surface area contributed by atoms with Crippen molar-refractivity contribution in [2.45, 2.75) is 44.6 Å². The molecule has 0 bridgehead atoms. The molecule has 11 heteroatoms. The topological polar surface area (TPSA) is 194 Å². The number of aliphatic hydroxyl groups excluding tert-OH is 3. The summed E-state index contributed by atoms with van der Waals surface area (Å²) < 4.78 is 0. The number of ketones is 2. The summed E-state index contributed by atoms with van der Waals surface area (Å²) in [5, 5.41) is 59.4. The van der Waals surface area contributed by atoms with Crippen LogP contribution in [0.15, 0.2) is 29.0 Å². The highest BCUT2D eigenvalue weighted by Gasteiger charge is 2.67. The van der Waals surface area contributed by atoms with Crippen LogP contribution in [0.2, 0.25) is 0 Å². The maximum absolute atomic E-state index is 13.8. The first-order chi connectivity index (χ1) is 17.2. The second-order valence-electron chi connectivity index (χ2n) is 10.7. The lowest BCUT2D eigenvalue weighted by atomic mass is 9.56. The summed E-state index contributed by atoms with van der Waals surface area (Å²) in [5.41, 5.74) is 2.00. The third kappa shape index (κ3) is 3.84. The predicted molar refractivity (Wildman–Crippen MR) is 132 cm³/mol. The molecule has 1 aromatic rings. The van der Waals surface area contributed by atoms with Crippen LogP contribution >= 0.6 is 0 Å². The third-order valence-corrected chi connectivity index (χ3v) is 7.63. The molecule has 0 spiro atoms.